The van der Waals surface area contributed by atoms with Gasteiger partial charge in [-0.25, -0.2) is 0 Å². The van der Waals surface area contributed by atoms with Crippen LogP contribution in [0.4, 0.5) is 0 Å². The zero-order valence-electron chi connectivity index (χ0n) is 8.29. The highest BCUT2D eigenvalue weighted by molar-refractivity contribution is 7.99. The topological polar surface area (TPSA) is 26.0 Å². The van der Waals surface area contributed by atoms with Crippen LogP contribution in [0.3, 0.4) is 0 Å². The van der Waals surface area contributed by atoms with Gasteiger partial charge in [-0.15, -0.1) is 0 Å². The Morgan fingerprint density at radius 3 is 2.62 bits per heavy atom. The van der Waals surface area contributed by atoms with E-state index >= 15 is 0 Å². The maximum absolute atomic E-state index is 5.74. The van der Waals surface area contributed by atoms with Crippen molar-refractivity contribution in [3.8, 4) is 0 Å². The molecule has 2 N–H and O–H groups in total. The quantitative estimate of drug-likeness (QED) is 0.799. The molecule has 0 aliphatic rings. The lowest BCUT2D eigenvalue weighted by atomic mass is 10.1. The third-order valence-electron chi connectivity index (χ3n) is 2.12. The molecule has 0 amide bonds. The first-order valence-electron chi connectivity index (χ1n) is 4.66. The molecule has 1 nitrogen and oxygen atoms in total. The standard InChI is InChI=1S/C11H17NS/c1-3-13-11(8-12)10-7-5-4-6-9(10)2/h4-7,11H,3,8,12H2,1-2H3. The van der Waals surface area contributed by atoms with Gasteiger partial charge in [-0.05, 0) is 23.8 Å². The molecule has 1 unspecified atom stereocenters. The molecule has 0 aliphatic carbocycles. The minimum Gasteiger partial charge on any atom is -0.329 e. The molecule has 0 heterocycles. The van der Waals surface area contributed by atoms with Crippen molar-refractivity contribution in [2.45, 2.75) is 19.1 Å². The first-order valence-corrected chi connectivity index (χ1v) is 5.71. The van der Waals surface area contributed by atoms with Crippen molar-refractivity contribution in [2.24, 2.45) is 5.73 Å². The van der Waals surface area contributed by atoms with Gasteiger partial charge in [0, 0.05) is 11.8 Å². The zero-order chi connectivity index (χ0) is 9.68. The summed E-state index contributed by atoms with van der Waals surface area (Å²) in [4.78, 5) is 0. The summed E-state index contributed by atoms with van der Waals surface area (Å²) >= 11 is 1.92. The van der Waals surface area contributed by atoms with E-state index in [9.17, 15) is 0 Å². The Balaban J connectivity index is 2.84. The van der Waals surface area contributed by atoms with Crippen molar-refractivity contribution < 1.29 is 0 Å². The van der Waals surface area contributed by atoms with E-state index < -0.39 is 0 Å². The lowest BCUT2D eigenvalue weighted by molar-refractivity contribution is 0.931. The van der Waals surface area contributed by atoms with E-state index in [1.165, 1.54) is 11.1 Å². The van der Waals surface area contributed by atoms with Gasteiger partial charge in [0.1, 0.15) is 0 Å². The molecular weight excluding hydrogens is 178 g/mol. The Bertz CT molecular complexity index is 260. The Labute approximate surface area is 84.7 Å². The van der Waals surface area contributed by atoms with Crippen LogP contribution in [0.15, 0.2) is 24.3 Å². The van der Waals surface area contributed by atoms with Gasteiger partial charge in [0.15, 0.2) is 0 Å². The molecule has 0 bridgehead atoms. The van der Waals surface area contributed by atoms with E-state index in [2.05, 4.69) is 38.1 Å². The fraction of sp³-hybridized carbons (Fsp3) is 0.455. The lowest BCUT2D eigenvalue weighted by Gasteiger charge is -2.15. The maximum Gasteiger partial charge on any atom is 0.0422 e. The molecule has 0 saturated carbocycles. The molecule has 0 saturated heterocycles. The number of aryl methyl sites for hydroxylation is 1. The summed E-state index contributed by atoms with van der Waals surface area (Å²) in [5, 5.41) is 0.464. The second-order valence-electron chi connectivity index (χ2n) is 3.04. The van der Waals surface area contributed by atoms with Crippen molar-refractivity contribution in [1.29, 1.82) is 0 Å². The van der Waals surface area contributed by atoms with Gasteiger partial charge < -0.3 is 5.73 Å². The molecule has 0 aliphatic heterocycles. The van der Waals surface area contributed by atoms with Gasteiger partial charge in [0.25, 0.3) is 0 Å². The zero-order valence-corrected chi connectivity index (χ0v) is 9.10. The van der Waals surface area contributed by atoms with Crippen LogP contribution in [0.2, 0.25) is 0 Å². The maximum atomic E-state index is 5.74. The number of thioether (sulfide) groups is 1. The van der Waals surface area contributed by atoms with Gasteiger partial charge in [-0.1, -0.05) is 31.2 Å². The molecule has 1 aromatic rings. The van der Waals surface area contributed by atoms with Crippen LogP contribution < -0.4 is 5.73 Å². The smallest absolute Gasteiger partial charge is 0.0422 e. The molecule has 0 aromatic heterocycles. The number of hydrogen-bond acceptors (Lipinski definition) is 2. The summed E-state index contributed by atoms with van der Waals surface area (Å²) in [6.45, 7) is 5.04. The third-order valence-corrected chi connectivity index (χ3v) is 3.30. The summed E-state index contributed by atoms with van der Waals surface area (Å²) in [6, 6.07) is 8.48. The summed E-state index contributed by atoms with van der Waals surface area (Å²) in [5.74, 6) is 1.12. The van der Waals surface area contributed by atoms with E-state index in [0.29, 0.717) is 5.25 Å². The number of hydrogen-bond donors (Lipinski definition) is 1. The molecule has 0 fully saturated rings. The van der Waals surface area contributed by atoms with Crippen LogP contribution in [0, 0.1) is 6.92 Å². The van der Waals surface area contributed by atoms with Crippen molar-refractivity contribution in [3.05, 3.63) is 35.4 Å². The first kappa shape index (κ1) is 10.6. The average molecular weight is 195 g/mol. The molecule has 1 aromatic carbocycles. The predicted molar refractivity (Wildman–Crippen MR) is 61.1 cm³/mol. The lowest BCUT2D eigenvalue weighted by Crippen LogP contribution is -2.10. The molecule has 13 heavy (non-hydrogen) atoms. The molecule has 0 radical (unpaired) electrons. The second kappa shape index (κ2) is 5.30. The highest BCUT2D eigenvalue weighted by atomic mass is 32.2. The molecule has 1 atom stereocenters. The van der Waals surface area contributed by atoms with Crippen LogP contribution >= 0.6 is 11.8 Å². The molecule has 2 heteroatoms. The van der Waals surface area contributed by atoms with Gasteiger partial charge >= 0.3 is 0 Å². The summed E-state index contributed by atoms with van der Waals surface area (Å²) in [7, 11) is 0. The average Bonchev–Trinajstić information content (AvgIpc) is 2.16. The Hall–Kier alpha value is -0.470. The van der Waals surface area contributed by atoms with Crippen molar-refractivity contribution in [1.82, 2.24) is 0 Å². The van der Waals surface area contributed by atoms with E-state index in [0.717, 1.165) is 12.3 Å². The first-order chi connectivity index (χ1) is 6.29. The van der Waals surface area contributed by atoms with Gasteiger partial charge in [0.2, 0.25) is 0 Å². The predicted octanol–water partition coefficient (Wildman–Crippen LogP) is 2.75. The van der Waals surface area contributed by atoms with Crippen molar-refractivity contribution >= 4 is 11.8 Å². The Kier molecular flexibility index (Phi) is 4.33. The fourth-order valence-electron chi connectivity index (χ4n) is 1.43. The number of rotatable bonds is 4. The number of benzene rings is 1. The molecule has 1 rings (SSSR count). The van der Waals surface area contributed by atoms with E-state index in [1.54, 1.807) is 0 Å². The molecular formula is C11H17NS. The van der Waals surface area contributed by atoms with Crippen LogP contribution in [0.1, 0.15) is 23.3 Å². The summed E-state index contributed by atoms with van der Waals surface area (Å²) < 4.78 is 0. The highest BCUT2D eigenvalue weighted by Gasteiger charge is 2.10. The second-order valence-corrected chi connectivity index (χ2v) is 4.52. The minimum absolute atomic E-state index is 0.464. The van der Waals surface area contributed by atoms with Crippen LogP contribution in [0.5, 0.6) is 0 Å². The van der Waals surface area contributed by atoms with Crippen LogP contribution in [0.25, 0.3) is 0 Å². The van der Waals surface area contributed by atoms with E-state index in [1.807, 2.05) is 11.8 Å². The van der Waals surface area contributed by atoms with Crippen molar-refractivity contribution in [2.75, 3.05) is 12.3 Å². The van der Waals surface area contributed by atoms with Gasteiger partial charge in [-0.2, -0.15) is 11.8 Å². The van der Waals surface area contributed by atoms with Crippen LogP contribution in [-0.4, -0.2) is 12.3 Å². The van der Waals surface area contributed by atoms with Crippen LogP contribution in [-0.2, 0) is 0 Å². The molecule has 72 valence electrons. The SMILES string of the molecule is CCSC(CN)c1ccccc1C. The van der Waals surface area contributed by atoms with Gasteiger partial charge in [0.05, 0.1) is 0 Å². The number of nitrogens with two attached hydrogens (primary N) is 1. The normalized spacial score (nSPS) is 12.8. The Morgan fingerprint density at radius 2 is 2.08 bits per heavy atom. The minimum atomic E-state index is 0.464. The molecule has 0 spiro atoms. The van der Waals surface area contributed by atoms with E-state index in [-0.39, 0.29) is 0 Å². The highest BCUT2D eigenvalue weighted by Crippen LogP contribution is 2.29. The van der Waals surface area contributed by atoms with Crippen molar-refractivity contribution in [3.63, 3.8) is 0 Å². The third kappa shape index (κ3) is 2.75. The summed E-state index contributed by atoms with van der Waals surface area (Å²) in [5.41, 5.74) is 8.47. The monoisotopic (exact) mass is 195 g/mol. The summed E-state index contributed by atoms with van der Waals surface area (Å²) in [6.07, 6.45) is 0. The fourth-order valence-corrected chi connectivity index (χ4v) is 2.42. The van der Waals surface area contributed by atoms with Gasteiger partial charge in [-0.3, -0.25) is 0 Å². The Morgan fingerprint density at radius 1 is 1.38 bits per heavy atom. The van der Waals surface area contributed by atoms with E-state index in [4.69, 9.17) is 5.73 Å². The largest absolute Gasteiger partial charge is 0.329 e.